The van der Waals surface area contributed by atoms with Crippen molar-refractivity contribution >= 4 is 0 Å². The zero-order valence-electron chi connectivity index (χ0n) is 11.5. The Labute approximate surface area is 133 Å². The van der Waals surface area contributed by atoms with E-state index in [1.807, 2.05) is 0 Å². The van der Waals surface area contributed by atoms with E-state index in [-0.39, 0.29) is 30.0 Å². The molecule has 0 heterocycles. The maximum Gasteiger partial charge on any atom is 2.00 e. The average molecular weight is 357 g/mol. The van der Waals surface area contributed by atoms with Crippen molar-refractivity contribution in [3.05, 3.63) is 30.9 Å². The summed E-state index contributed by atoms with van der Waals surface area (Å²) in [5.74, 6) is 0. The van der Waals surface area contributed by atoms with E-state index in [1.54, 1.807) is 0 Å². The van der Waals surface area contributed by atoms with Crippen molar-refractivity contribution in [2.24, 2.45) is 22.1 Å². The SMILES string of the molecule is NCC[N-]CCO.NCC[N-]CCO.O=N[O-].O=N[O-].[Co+2]. The number of hydrogen-bond acceptors (Lipinski definition) is 10. The Morgan fingerprint density at radius 2 is 1.05 bits per heavy atom. The second kappa shape index (κ2) is 50.8. The first-order valence-corrected chi connectivity index (χ1v) is 5.44. The summed E-state index contributed by atoms with van der Waals surface area (Å²) in [7, 11) is 0. The molecule has 0 bridgehead atoms. The molecule has 1 radical (unpaired) electrons. The van der Waals surface area contributed by atoms with Crippen LogP contribution in [-0.2, 0) is 16.8 Å². The third-order valence-corrected chi connectivity index (χ3v) is 1.09. The van der Waals surface area contributed by atoms with Crippen molar-refractivity contribution in [3.63, 3.8) is 0 Å². The van der Waals surface area contributed by atoms with Gasteiger partial charge in [-0.25, -0.2) is 0 Å². The molecule has 13 heteroatoms. The van der Waals surface area contributed by atoms with Gasteiger partial charge in [-0.15, -0.1) is 36.9 Å². The number of hydrogen-bond donors (Lipinski definition) is 4. The van der Waals surface area contributed by atoms with Crippen molar-refractivity contribution in [2.75, 3.05) is 52.5 Å². The van der Waals surface area contributed by atoms with Crippen LogP contribution in [0, 0.1) is 20.2 Å². The summed E-state index contributed by atoms with van der Waals surface area (Å²) >= 11 is 0. The Morgan fingerprint density at radius 1 is 0.810 bits per heavy atom. The predicted molar refractivity (Wildman–Crippen MR) is 76.8 cm³/mol. The first-order valence-electron chi connectivity index (χ1n) is 5.44. The van der Waals surface area contributed by atoms with Crippen molar-refractivity contribution < 1.29 is 27.0 Å². The fourth-order valence-electron chi connectivity index (χ4n) is 0.548. The molecule has 0 spiro atoms. The molecule has 0 aliphatic carbocycles. The van der Waals surface area contributed by atoms with E-state index in [0.717, 1.165) is 10.7 Å². The summed E-state index contributed by atoms with van der Waals surface area (Å²) in [5, 5.41) is 42.0. The number of aliphatic hydroxyl groups excluding tert-OH is 2. The van der Waals surface area contributed by atoms with Crippen LogP contribution < -0.4 is 11.5 Å². The van der Waals surface area contributed by atoms with Crippen LogP contribution in [0.15, 0.2) is 10.7 Å². The molecule has 0 atom stereocenters. The van der Waals surface area contributed by atoms with Gasteiger partial charge in [-0.05, 0) is 13.1 Å². The number of nitrogens with zero attached hydrogens (tertiary/aromatic N) is 4. The molecule has 21 heavy (non-hydrogen) atoms. The molecule has 0 aromatic heterocycles. The first-order chi connectivity index (χ1) is 9.66. The Kier molecular flexibility index (Phi) is 77.8. The minimum Gasteiger partial charge on any atom is -0.659 e. The van der Waals surface area contributed by atoms with Gasteiger partial charge in [-0.1, -0.05) is 0 Å². The molecular weight excluding hydrogens is 335 g/mol. The summed E-state index contributed by atoms with van der Waals surface area (Å²) in [6, 6.07) is 0. The minimum absolute atomic E-state index is 0. The topological polar surface area (TPSA) is 226 Å². The standard InChI is InChI=1S/2C4H11N2O.Co.2HNO2/c2*5-1-2-6-3-4-7;;2*2-1-3/h2*7H,1-5H2;;2*(H,2,3)/q2*-1;+2;;/p-2. The van der Waals surface area contributed by atoms with Gasteiger partial charge in [0.1, 0.15) is 0 Å². The minimum atomic E-state index is 0. The zero-order chi connectivity index (χ0) is 16.5. The second-order valence-corrected chi connectivity index (χ2v) is 2.52. The monoisotopic (exact) mass is 357 g/mol. The molecule has 0 aromatic rings. The first kappa shape index (κ1) is 32.1. The van der Waals surface area contributed by atoms with E-state index in [1.165, 1.54) is 0 Å². The van der Waals surface area contributed by atoms with Crippen LogP contribution in [-0.4, -0.2) is 62.7 Å². The van der Waals surface area contributed by atoms with Crippen molar-refractivity contribution in [3.8, 4) is 0 Å². The van der Waals surface area contributed by atoms with Gasteiger partial charge in [-0.2, -0.15) is 0 Å². The van der Waals surface area contributed by atoms with Crippen molar-refractivity contribution in [1.29, 1.82) is 0 Å². The predicted octanol–water partition coefficient (Wildman–Crippen LogP) is -0.879. The Hall–Kier alpha value is -0.934. The van der Waals surface area contributed by atoms with E-state index in [0.29, 0.717) is 39.3 Å². The van der Waals surface area contributed by atoms with Crippen LogP contribution in [0.1, 0.15) is 0 Å². The normalized spacial score (nSPS) is 7.43. The van der Waals surface area contributed by atoms with E-state index in [4.69, 9.17) is 41.9 Å². The maximum atomic E-state index is 8.16. The summed E-state index contributed by atoms with van der Waals surface area (Å²) in [4.78, 5) is 16.0. The average Bonchev–Trinajstić information content (AvgIpc) is 2.43. The van der Waals surface area contributed by atoms with Crippen LogP contribution in [0.2, 0.25) is 0 Å². The molecule has 131 valence electrons. The second-order valence-electron chi connectivity index (χ2n) is 2.52. The molecule has 0 aliphatic rings. The molecule has 0 fully saturated rings. The van der Waals surface area contributed by atoms with Crippen molar-refractivity contribution in [2.45, 2.75) is 0 Å². The molecule has 12 nitrogen and oxygen atoms in total. The van der Waals surface area contributed by atoms with E-state index in [2.05, 4.69) is 10.6 Å². The third kappa shape index (κ3) is 111. The van der Waals surface area contributed by atoms with Crippen LogP contribution in [0.3, 0.4) is 0 Å². The van der Waals surface area contributed by atoms with Gasteiger partial charge in [0, 0.05) is 13.2 Å². The Balaban J connectivity index is -0.0000000576. The van der Waals surface area contributed by atoms with Crippen LogP contribution >= 0.6 is 0 Å². The quantitative estimate of drug-likeness (QED) is 0.241. The summed E-state index contributed by atoms with van der Waals surface area (Å²) in [5.41, 5.74) is 10.2. The van der Waals surface area contributed by atoms with E-state index < -0.39 is 0 Å². The van der Waals surface area contributed by atoms with Gasteiger partial charge in [-0.3, -0.25) is 0 Å². The van der Waals surface area contributed by atoms with Gasteiger partial charge in [0.2, 0.25) is 0 Å². The van der Waals surface area contributed by atoms with Gasteiger partial charge >= 0.3 is 16.8 Å². The maximum absolute atomic E-state index is 8.16. The van der Waals surface area contributed by atoms with Gasteiger partial charge in [0.05, 0.1) is 0 Å². The summed E-state index contributed by atoms with van der Waals surface area (Å²) in [6.45, 7) is 3.83. The van der Waals surface area contributed by atoms with E-state index >= 15 is 0 Å². The van der Waals surface area contributed by atoms with Gasteiger partial charge in [0.15, 0.2) is 0 Å². The molecule has 0 aromatic carbocycles. The molecule has 6 N–H and O–H groups in total. The molecule has 0 amide bonds. The fraction of sp³-hybridized carbons (Fsp3) is 1.00. The van der Waals surface area contributed by atoms with Gasteiger partial charge < -0.3 is 52.5 Å². The Bertz CT molecular complexity index is 137. The largest absolute Gasteiger partial charge is 2.00 e. The van der Waals surface area contributed by atoms with Gasteiger partial charge in [0.25, 0.3) is 0 Å². The smallest absolute Gasteiger partial charge is 0.659 e. The molecular formula is C8H22CoN6O6-2. The number of rotatable bonds is 8. The number of nitrogens with two attached hydrogens (primary N) is 2. The number of aliphatic hydroxyl groups is 2. The summed E-state index contributed by atoms with van der Waals surface area (Å²) in [6.07, 6.45) is 0. The molecule has 0 saturated carbocycles. The molecule has 0 unspecified atom stereocenters. The fourth-order valence-corrected chi connectivity index (χ4v) is 0.548. The van der Waals surface area contributed by atoms with E-state index in [9.17, 15) is 0 Å². The third-order valence-electron chi connectivity index (χ3n) is 1.09. The Morgan fingerprint density at radius 3 is 1.19 bits per heavy atom. The molecule has 0 aliphatic heterocycles. The van der Waals surface area contributed by atoms with Crippen LogP contribution in [0.25, 0.3) is 10.6 Å². The molecule has 0 saturated heterocycles. The zero-order valence-corrected chi connectivity index (χ0v) is 12.5. The van der Waals surface area contributed by atoms with Crippen LogP contribution in [0.5, 0.6) is 0 Å². The summed E-state index contributed by atoms with van der Waals surface area (Å²) < 4.78 is 0. The van der Waals surface area contributed by atoms with Crippen LogP contribution in [0.4, 0.5) is 0 Å². The molecule has 0 rings (SSSR count). The van der Waals surface area contributed by atoms with Crippen molar-refractivity contribution in [1.82, 2.24) is 0 Å².